The number of carbonyl (C=O) groups is 1. The van der Waals surface area contributed by atoms with Crippen LogP contribution in [0.2, 0.25) is 0 Å². The Morgan fingerprint density at radius 2 is 2.04 bits per heavy atom. The average Bonchev–Trinajstić information content (AvgIpc) is 2.63. The number of morpholine rings is 1. The first-order valence-corrected chi connectivity index (χ1v) is 8.39. The van der Waals surface area contributed by atoms with Gasteiger partial charge in [0.15, 0.2) is 0 Å². The van der Waals surface area contributed by atoms with E-state index < -0.39 is 0 Å². The molecule has 2 aromatic rings. The van der Waals surface area contributed by atoms with E-state index in [1.165, 1.54) is 0 Å². The molecule has 0 aliphatic carbocycles. The second-order valence-corrected chi connectivity index (χ2v) is 5.68. The Balaban J connectivity index is 1.83. The molecule has 1 aromatic heterocycles. The first kappa shape index (κ1) is 17.2. The summed E-state index contributed by atoms with van der Waals surface area (Å²) in [7, 11) is 0. The molecule has 1 amide bonds. The number of aromatic nitrogens is 2. The Bertz CT molecular complexity index is 745. The van der Waals surface area contributed by atoms with Gasteiger partial charge in [0.2, 0.25) is 5.95 Å². The lowest BCUT2D eigenvalue weighted by atomic mass is 10.2. The van der Waals surface area contributed by atoms with E-state index in [4.69, 9.17) is 9.47 Å². The number of hydrogen-bond acceptors (Lipinski definition) is 6. The zero-order valence-corrected chi connectivity index (χ0v) is 14.5. The summed E-state index contributed by atoms with van der Waals surface area (Å²) in [5.41, 5.74) is 1.87. The first-order valence-electron chi connectivity index (χ1n) is 8.39. The minimum atomic E-state index is -0.102. The van der Waals surface area contributed by atoms with Crippen molar-refractivity contribution in [2.24, 2.45) is 0 Å². The molecule has 1 aromatic carbocycles. The Hall–Kier alpha value is -2.67. The summed E-state index contributed by atoms with van der Waals surface area (Å²) >= 11 is 0. The number of rotatable bonds is 5. The van der Waals surface area contributed by atoms with Crippen molar-refractivity contribution in [2.75, 3.05) is 38.2 Å². The number of ether oxygens (including phenoxy) is 2. The van der Waals surface area contributed by atoms with Crippen molar-refractivity contribution in [1.82, 2.24) is 14.9 Å². The minimum absolute atomic E-state index is 0.102. The van der Waals surface area contributed by atoms with E-state index in [0.717, 1.165) is 17.1 Å². The van der Waals surface area contributed by atoms with Crippen LogP contribution in [0.1, 0.15) is 23.1 Å². The van der Waals surface area contributed by atoms with Crippen LogP contribution in [0.5, 0.6) is 5.75 Å². The van der Waals surface area contributed by atoms with Gasteiger partial charge in [-0.15, -0.1) is 0 Å². The number of carbonyl (C=O) groups excluding carboxylic acids is 1. The lowest BCUT2D eigenvalue weighted by molar-refractivity contribution is 0.0299. The molecule has 3 rings (SSSR count). The first-order chi connectivity index (χ1) is 12.2. The van der Waals surface area contributed by atoms with E-state index in [2.05, 4.69) is 15.3 Å². The number of para-hydroxylation sites is 2. The molecule has 0 saturated carbocycles. The molecule has 132 valence electrons. The smallest absolute Gasteiger partial charge is 0.272 e. The second-order valence-electron chi connectivity index (χ2n) is 5.68. The molecule has 1 aliphatic rings. The summed E-state index contributed by atoms with van der Waals surface area (Å²) in [6.45, 7) is 6.62. The molecule has 1 aliphatic heterocycles. The van der Waals surface area contributed by atoms with E-state index >= 15 is 0 Å². The number of nitrogens with one attached hydrogen (secondary N) is 1. The van der Waals surface area contributed by atoms with Crippen LogP contribution in [0.3, 0.4) is 0 Å². The van der Waals surface area contributed by atoms with Crippen molar-refractivity contribution in [3.05, 3.63) is 41.7 Å². The van der Waals surface area contributed by atoms with Gasteiger partial charge in [-0.2, -0.15) is 0 Å². The van der Waals surface area contributed by atoms with Crippen molar-refractivity contribution < 1.29 is 14.3 Å². The molecule has 0 radical (unpaired) electrons. The van der Waals surface area contributed by atoms with Gasteiger partial charge >= 0.3 is 0 Å². The maximum absolute atomic E-state index is 12.7. The highest BCUT2D eigenvalue weighted by Crippen LogP contribution is 2.26. The van der Waals surface area contributed by atoms with Crippen molar-refractivity contribution >= 4 is 17.5 Å². The van der Waals surface area contributed by atoms with Crippen molar-refractivity contribution in [2.45, 2.75) is 13.8 Å². The topological polar surface area (TPSA) is 76.6 Å². The van der Waals surface area contributed by atoms with Crippen LogP contribution < -0.4 is 10.1 Å². The number of aryl methyl sites for hydroxylation is 1. The Labute approximate surface area is 147 Å². The van der Waals surface area contributed by atoms with Crippen LogP contribution in [0.25, 0.3) is 0 Å². The fourth-order valence-corrected chi connectivity index (χ4v) is 2.63. The third-order valence-electron chi connectivity index (χ3n) is 3.81. The summed E-state index contributed by atoms with van der Waals surface area (Å²) in [6.07, 6.45) is 0. The molecule has 1 fully saturated rings. The van der Waals surface area contributed by atoms with Crippen molar-refractivity contribution in [3.63, 3.8) is 0 Å². The predicted molar refractivity (Wildman–Crippen MR) is 94.4 cm³/mol. The molecule has 1 N–H and O–H groups in total. The van der Waals surface area contributed by atoms with Gasteiger partial charge in [0.25, 0.3) is 5.91 Å². The molecule has 0 unspecified atom stereocenters. The van der Waals surface area contributed by atoms with Gasteiger partial charge in [0.05, 0.1) is 25.5 Å². The highest BCUT2D eigenvalue weighted by Gasteiger charge is 2.21. The van der Waals surface area contributed by atoms with Gasteiger partial charge in [-0.1, -0.05) is 12.1 Å². The van der Waals surface area contributed by atoms with E-state index in [1.807, 2.05) is 38.1 Å². The van der Waals surface area contributed by atoms with Crippen molar-refractivity contribution in [1.29, 1.82) is 0 Å². The summed E-state index contributed by atoms with van der Waals surface area (Å²) in [6, 6.07) is 9.28. The van der Waals surface area contributed by atoms with Crippen LogP contribution in [-0.4, -0.2) is 53.7 Å². The molecular formula is C18H22N4O3. The largest absolute Gasteiger partial charge is 0.492 e. The maximum atomic E-state index is 12.7. The molecular weight excluding hydrogens is 320 g/mol. The third-order valence-corrected chi connectivity index (χ3v) is 3.81. The Morgan fingerprint density at radius 1 is 1.28 bits per heavy atom. The second kappa shape index (κ2) is 7.94. The fourth-order valence-electron chi connectivity index (χ4n) is 2.63. The lowest BCUT2D eigenvalue weighted by Gasteiger charge is -2.26. The third kappa shape index (κ3) is 4.24. The van der Waals surface area contributed by atoms with Gasteiger partial charge in [-0.25, -0.2) is 9.97 Å². The summed E-state index contributed by atoms with van der Waals surface area (Å²) in [5, 5.41) is 3.15. The summed E-state index contributed by atoms with van der Waals surface area (Å²) in [5.74, 6) is 0.995. The zero-order chi connectivity index (χ0) is 17.6. The van der Waals surface area contributed by atoms with E-state index in [0.29, 0.717) is 44.6 Å². The number of anilines is 2. The molecule has 7 heteroatoms. The van der Waals surface area contributed by atoms with Crippen LogP contribution in [-0.2, 0) is 4.74 Å². The predicted octanol–water partition coefficient (Wildman–Crippen LogP) is 2.40. The highest BCUT2D eigenvalue weighted by molar-refractivity contribution is 5.92. The van der Waals surface area contributed by atoms with Crippen LogP contribution in [0.4, 0.5) is 11.6 Å². The van der Waals surface area contributed by atoms with Gasteiger partial charge in [0.1, 0.15) is 11.4 Å². The number of benzene rings is 1. The Kier molecular flexibility index (Phi) is 5.45. The highest BCUT2D eigenvalue weighted by atomic mass is 16.5. The lowest BCUT2D eigenvalue weighted by Crippen LogP contribution is -2.41. The van der Waals surface area contributed by atoms with Gasteiger partial charge in [-0.05, 0) is 32.0 Å². The van der Waals surface area contributed by atoms with Crippen LogP contribution in [0.15, 0.2) is 30.3 Å². The average molecular weight is 342 g/mol. The fraction of sp³-hybridized carbons (Fsp3) is 0.389. The quantitative estimate of drug-likeness (QED) is 0.899. The minimum Gasteiger partial charge on any atom is -0.492 e. The zero-order valence-electron chi connectivity index (χ0n) is 14.5. The SMILES string of the molecule is CCOc1ccccc1Nc1nc(C)cc(C(=O)N2CCOCC2)n1. The maximum Gasteiger partial charge on any atom is 0.272 e. The Morgan fingerprint density at radius 3 is 2.80 bits per heavy atom. The monoisotopic (exact) mass is 342 g/mol. The summed E-state index contributed by atoms with van der Waals surface area (Å²) in [4.78, 5) is 23.2. The number of nitrogens with zero attached hydrogens (tertiary/aromatic N) is 3. The van der Waals surface area contributed by atoms with Gasteiger partial charge in [-0.3, -0.25) is 4.79 Å². The molecule has 2 heterocycles. The standard InChI is InChI=1S/C18H22N4O3/c1-3-25-16-7-5-4-6-14(16)20-18-19-13(2)12-15(21-18)17(23)22-8-10-24-11-9-22/h4-7,12H,3,8-11H2,1-2H3,(H,19,20,21). The van der Waals surface area contributed by atoms with E-state index in [-0.39, 0.29) is 5.91 Å². The molecule has 25 heavy (non-hydrogen) atoms. The molecule has 0 spiro atoms. The number of amides is 1. The van der Waals surface area contributed by atoms with Crippen LogP contribution >= 0.6 is 0 Å². The van der Waals surface area contributed by atoms with E-state index in [1.54, 1.807) is 11.0 Å². The molecule has 7 nitrogen and oxygen atoms in total. The molecule has 1 saturated heterocycles. The normalized spacial score (nSPS) is 14.2. The molecule has 0 atom stereocenters. The number of hydrogen-bond donors (Lipinski definition) is 1. The van der Waals surface area contributed by atoms with Crippen LogP contribution in [0, 0.1) is 6.92 Å². The van der Waals surface area contributed by atoms with Gasteiger partial charge in [0, 0.05) is 18.8 Å². The van der Waals surface area contributed by atoms with Gasteiger partial charge < -0.3 is 19.7 Å². The molecule has 0 bridgehead atoms. The summed E-state index contributed by atoms with van der Waals surface area (Å²) < 4.78 is 10.9. The van der Waals surface area contributed by atoms with Crippen molar-refractivity contribution in [3.8, 4) is 5.75 Å². The van der Waals surface area contributed by atoms with E-state index in [9.17, 15) is 4.79 Å².